The summed E-state index contributed by atoms with van der Waals surface area (Å²) < 4.78 is 11.5. The van der Waals surface area contributed by atoms with E-state index in [0.29, 0.717) is 11.9 Å². The summed E-state index contributed by atoms with van der Waals surface area (Å²) >= 11 is 1.80. The van der Waals surface area contributed by atoms with E-state index < -0.39 is 5.97 Å². The third-order valence-corrected chi connectivity index (χ3v) is 4.24. The maximum Gasteiger partial charge on any atom is 0.306 e. The first-order valence-electron chi connectivity index (χ1n) is 6.01. The Balaban J connectivity index is 2.04. The van der Waals surface area contributed by atoms with Crippen LogP contribution >= 0.6 is 11.8 Å². The van der Waals surface area contributed by atoms with Gasteiger partial charge in [-0.05, 0) is 13.3 Å². The molecule has 1 N–H and O–H groups in total. The fraction of sp³-hybridized carbons (Fsp3) is 0.750. The van der Waals surface area contributed by atoms with Gasteiger partial charge in [-0.15, -0.1) is 11.8 Å². The summed E-state index contributed by atoms with van der Waals surface area (Å²) in [7, 11) is 0. The van der Waals surface area contributed by atoms with E-state index in [4.69, 9.17) is 14.6 Å². The van der Waals surface area contributed by atoms with Crippen LogP contribution in [0.5, 0.6) is 0 Å². The van der Waals surface area contributed by atoms with Crippen LogP contribution in [0.1, 0.15) is 33.1 Å². The van der Waals surface area contributed by atoms with Crippen molar-refractivity contribution in [2.75, 3.05) is 6.61 Å². The number of carboxylic acid groups (broad SMARTS) is 1. The van der Waals surface area contributed by atoms with Crippen LogP contribution in [0.4, 0.5) is 0 Å². The molecule has 0 bridgehead atoms. The van der Waals surface area contributed by atoms with Crippen molar-refractivity contribution in [3.63, 3.8) is 0 Å². The molecular weight excluding hydrogens is 240 g/mol. The lowest BCUT2D eigenvalue weighted by atomic mass is 10.1. The summed E-state index contributed by atoms with van der Waals surface area (Å²) in [4.78, 5) is 11.9. The largest absolute Gasteiger partial charge is 0.492 e. The molecule has 0 aromatic rings. The molecule has 0 amide bonds. The maximum absolute atomic E-state index is 10.7. The first-order chi connectivity index (χ1) is 8.11. The number of fused-ring (bicyclic) bond motifs is 1. The molecule has 2 heterocycles. The molecule has 0 aromatic carbocycles. The van der Waals surface area contributed by atoms with E-state index in [2.05, 4.69) is 13.8 Å². The number of rotatable bonds is 4. The Kier molecular flexibility index (Phi) is 3.99. The van der Waals surface area contributed by atoms with Gasteiger partial charge in [0, 0.05) is 10.2 Å². The molecule has 5 heteroatoms. The Morgan fingerprint density at radius 1 is 1.59 bits per heavy atom. The molecule has 0 saturated carbocycles. The Morgan fingerprint density at radius 3 is 3.00 bits per heavy atom. The minimum absolute atomic E-state index is 0.0181. The SMILES string of the molecule is CCCC1=C2OCC(CC(=O)O)OC2[C@H](C)S1. The summed E-state index contributed by atoms with van der Waals surface area (Å²) in [5, 5.41) is 9.08. The van der Waals surface area contributed by atoms with Crippen molar-refractivity contribution in [3.8, 4) is 0 Å². The molecule has 0 aliphatic carbocycles. The first kappa shape index (κ1) is 12.8. The average molecular weight is 258 g/mol. The van der Waals surface area contributed by atoms with Crippen LogP contribution in [0.15, 0.2) is 10.7 Å². The lowest BCUT2D eigenvalue weighted by molar-refractivity contribution is -0.147. The maximum atomic E-state index is 10.7. The van der Waals surface area contributed by atoms with Crippen LogP contribution in [0.25, 0.3) is 0 Å². The molecule has 2 unspecified atom stereocenters. The minimum Gasteiger partial charge on any atom is -0.492 e. The van der Waals surface area contributed by atoms with Gasteiger partial charge in [0.1, 0.15) is 24.6 Å². The number of hydrogen-bond acceptors (Lipinski definition) is 4. The van der Waals surface area contributed by atoms with Gasteiger partial charge in [0.05, 0.1) is 6.42 Å². The van der Waals surface area contributed by atoms with E-state index in [1.54, 1.807) is 11.8 Å². The second-order valence-electron chi connectivity index (χ2n) is 4.45. The topological polar surface area (TPSA) is 55.8 Å². The molecule has 0 spiro atoms. The zero-order valence-corrected chi connectivity index (χ0v) is 11.0. The Morgan fingerprint density at radius 2 is 2.35 bits per heavy atom. The normalized spacial score (nSPS) is 32.2. The van der Waals surface area contributed by atoms with Crippen LogP contribution in [-0.4, -0.2) is 35.1 Å². The highest BCUT2D eigenvalue weighted by atomic mass is 32.2. The van der Waals surface area contributed by atoms with Gasteiger partial charge in [-0.25, -0.2) is 0 Å². The Hall–Kier alpha value is -0.680. The predicted molar refractivity (Wildman–Crippen MR) is 65.9 cm³/mol. The molecule has 1 fully saturated rings. The van der Waals surface area contributed by atoms with Crippen LogP contribution in [0.3, 0.4) is 0 Å². The number of carbonyl (C=O) groups is 1. The molecule has 2 aliphatic heterocycles. The van der Waals surface area contributed by atoms with Crippen molar-refractivity contribution in [2.24, 2.45) is 0 Å². The van der Waals surface area contributed by atoms with Crippen molar-refractivity contribution in [2.45, 2.75) is 50.6 Å². The molecule has 0 aromatic heterocycles. The van der Waals surface area contributed by atoms with Gasteiger partial charge < -0.3 is 14.6 Å². The lowest BCUT2D eigenvalue weighted by Crippen LogP contribution is -2.38. The third kappa shape index (κ3) is 2.77. The number of thioether (sulfide) groups is 1. The van der Waals surface area contributed by atoms with E-state index in [1.807, 2.05) is 0 Å². The molecule has 2 rings (SSSR count). The summed E-state index contributed by atoms with van der Waals surface area (Å²) in [5.74, 6) is 0.115. The molecule has 3 atom stereocenters. The highest BCUT2D eigenvalue weighted by Gasteiger charge is 2.40. The number of carboxylic acids is 1. The van der Waals surface area contributed by atoms with Gasteiger partial charge >= 0.3 is 5.97 Å². The second-order valence-corrected chi connectivity index (χ2v) is 5.92. The molecule has 2 aliphatic rings. The minimum atomic E-state index is -0.835. The van der Waals surface area contributed by atoms with Gasteiger partial charge in [0.15, 0.2) is 0 Å². The van der Waals surface area contributed by atoms with Gasteiger partial charge in [0.25, 0.3) is 0 Å². The number of hydrogen-bond donors (Lipinski definition) is 1. The first-order valence-corrected chi connectivity index (χ1v) is 6.89. The molecule has 17 heavy (non-hydrogen) atoms. The van der Waals surface area contributed by atoms with Crippen molar-refractivity contribution < 1.29 is 19.4 Å². The lowest BCUT2D eigenvalue weighted by Gasteiger charge is -2.31. The van der Waals surface area contributed by atoms with Crippen LogP contribution < -0.4 is 0 Å². The van der Waals surface area contributed by atoms with Gasteiger partial charge in [0.2, 0.25) is 0 Å². The van der Waals surface area contributed by atoms with Crippen molar-refractivity contribution in [3.05, 3.63) is 10.7 Å². The third-order valence-electron chi connectivity index (χ3n) is 2.93. The van der Waals surface area contributed by atoms with Crippen LogP contribution in [0, 0.1) is 0 Å². The number of aliphatic carboxylic acids is 1. The van der Waals surface area contributed by atoms with Crippen molar-refractivity contribution in [1.82, 2.24) is 0 Å². The molecule has 96 valence electrons. The highest BCUT2D eigenvalue weighted by Crippen LogP contribution is 2.44. The van der Waals surface area contributed by atoms with E-state index in [-0.39, 0.29) is 18.6 Å². The Labute approximate surface area is 105 Å². The predicted octanol–water partition coefficient (Wildman–Crippen LogP) is 2.39. The quantitative estimate of drug-likeness (QED) is 0.839. The molecule has 1 saturated heterocycles. The monoisotopic (exact) mass is 258 g/mol. The van der Waals surface area contributed by atoms with Gasteiger partial charge in [-0.3, -0.25) is 4.79 Å². The molecule has 0 radical (unpaired) electrons. The number of ether oxygens (including phenoxy) is 2. The van der Waals surface area contributed by atoms with Crippen LogP contribution in [0.2, 0.25) is 0 Å². The van der Waals surface area contributed by atoms with Crippen molar-refractivity contribution >= 4 is 17.7 Å². The molecular formula is C12H18O4S. The fourth-order valence-electron chi connectivity index (χ4n) is 2.19. The van der Waals surface area contributed by atoms with Gasteiger partial charge in [-0.2, -0.15) is 0 Å². The van der Waals surface area contributed by atoms with E-state index in [9.17, 15) is 4.79 Å². The van der Waals surface area contributed by atoms with E-state index in [0.717, 1.165) is 18.6 Å². The zero-order valence-electron chi connectivity index (χ0n) is 10.1. The summed E-state index contributed by atoms with van der Waals surface area (Å²) in [6, 6.07) is 0. The average Bonchev–Trinajstić information content (AvgIpc) is 2.56. The summed E-state index contributed by atoms with van der Waals surface area (Å²) in [5.41, 5.74) is 0. The fourth-order valence-corrected chi connectivity index (χ4v) is 3.56. The Bertz CT molecular complexity index is 339. The van der Waals surface area contributed by atoms with E-state index in [1.165, 1.54) is 4.91 Å². The highest BCUT2D eigenvalue weighted by molar-refractivity contribution is 8.04. The van der Waals surface area contributed by atoms with Gasteiger partial charge in [-0.1, -0.05) is 13.3 Å². The van der Waals surface area contributed by atoms with Crippen molar-refractivity contribution in [1.29, 1.82) is 0 Å². The van der Waals surface area contributed by atoms with Crippen LogP contribution in [-0.2, 0) is 14.3 Å². The number of allylic oxidation sites excluding steroid dienone is 1. The van der Waals surface area contributed by atoms with E-state index >= 15 is 0 Å². The summed E-state index contributed by atoms with van der Waals surface area (Å²) in [6.45, 7) is 4.60. The smallest absolute Gasteiger partial charge is 0.306 e. The summed E-state index contributed by atoms with van der Waals surface area (Å²) in [6.07, 6.45) is 1.76. The standard InChI is InChI=1S/C12H18O4S/c1-3-4-9-12-11(7(2)17-9)16-8(6-15-12)5-10(13)14/h7-8,11H,3-6H2,1-2H3,(H,13,14)/t7-,8?,11?/m0/s1. The second kappa shape index (κ2) is 5.31. The molecule has 4 nitrogen and oxygen atoms in total. The zero-order chi connectivity index (χ0) is 12.4.